The molecule has 0 saturated heterocycles. The van der Waals surface area contributed by atoms with Crippen LogP contribution in [0.25, 0.3) is 0 Å². The van der Waals surface area contributed by atoms with Crippen LogP contribution in [-0.2, 0) is 0 Å². The lowest BCUT2D eigenvalue weighted by Crippen LogP contribution is -2.16. The topological polar surface area (TPSA) is 13.1 Å². The van der Waals surface area contributed by atoms with Crippen LogP contribution < -0.4 is 0 Å². The molecule has 5 heteroatoms. The molecule has 1 heterocycles. The molecule has 1 aromatic heterocycles. The molecule has 0 aliphatic heterocycles. The predicted molar refractivity (Wildman–Crippen MR) is 38.2 cm³/mol. The van der Waals surface area contributed by atoms with Crippen molar-refractivity contribution in [2.75, 3.05) is 0 Å². The fourth-order valence-electron chi connectivity index (χ4n) is 0.717. The second kappa shape index (κ2) is 3.01. The molecule has 0 N–H and O–H groups in total. The molecule has 1 nitrogen and oxygen atoms in total. The fraction of sp³-hybridized carbons (Fsp3) is 0.429. The Bertz CT molecular complexity index is 266. The molecule has 0 amide bonds. The molecule has 0 aliphatic rings. The van der Waals surface area contributed by atoms with Crippen molar-refractivity contribution in [2.45, 2.75) is 19.0 Å². The molecular weight excluding hydrogens is 193 g/mol. The fourth-order valence-corrected chi connectivity index (χ4v) is 0.869. The maximum Gasteiger partial charge on any atom is 0.398 e. The highest BCUT2D eigenvalue weighted by Gasteiger charge is 2.39. The van der Waals surface area contributed by atoms with Gasteiger partial charge in [0.05, 0.1) is 5.02 Å². The Morgan fingerprint density at radius 3 is 2.42 bits per heavy atom. The maximum atomic E-state index is 12.0. The molecule has 0 fully saturated rings. The third-order valence-corrected chi connectivity index (χ3v) is 1.70. The highest BCUT2D eigenvalue weighted by molar-refractivity contribution is 6.30. The smallest absolute Gasteiger partial charge is 0.398 e. The molecule has 0 bridgehead atoms. The van der Waals surface area contributed by atoms with Gasteiger partial charge in [-0.1, -0.05) is 11.6 Å². The highest BCUT2D eigenvalue weighted by atomic mass is 35.5. The number of hydrogen-bond acceptors (Lipinski definition) is 1. The monoisotopic (exact) mass is 198 g/mol. The lowest BCUT2D eigenvalue weighted by molar-refractivity contribution is -0.149. The first kappa shape index (κ1) is 9.45. The number of furan rings is 1. The van der Waals surface area contributed by atoms with Gasteiger partial charge in [0, 0.05) is 0 Å². The van der Waals surface area contributed by atoms with Crippen molar-refractivity contribution in [2.24, 2.45) is 0 Å². The van der Waals surface area contributed by atoms with Crippen LogP contribution in [0.3, 0.4) is 0 Å². The van der Waals surface area contributed by atoms with Gasteiger partial charge in [0.2, 0.25) is 0 Å². The maximum absolute atomic E-state index is 12.0. The first-order chi connectivity index (χ1) is 5.41. The third kappa shape index (κ3) is 1.94. The zero-order chi connectivity index (χ0) is 9.35. The van der Waals surface area contributed by atoms with Gasteiger partial charge in [-0.25, -0.2) is 0 Å². The number of hydrogen-bond donors (Lipinski definition) is 0. The second-order valence-electron chi connectivity index (χ2n) is 2.43. The quantitative estimate of drug-likeness (QED) is 0.672. The summed E-state index contributed by atoms with van der Waals surface area (Å²) in [5.41, 5.74) is 0. The van der Waals surface area contributed by atoms with Crippen LogP contribution in [0.4, 0.5) is 13.2 Å². The molecule has 68 valence electrons. The Hall–Kier alpha value is -0.640. The first-order valence-electron chi connectivity index (χ1n) is 3.22. The minimum absolute atomic E-state index is 0.160. The van der Waals surface area contributed by atoms with Gasteiger partial charge in [0.15, 0.2) is 0 Å². The van der Waals surface area contributed by atoms with E-state index in [1.165, 1.54) is 6.07 Å². The molecular formula is C7H6ClF3O. The van der Waals surface area contributed by atoms with E-state index in [2.05, 4.69) is 4.42 Å². The lowest BCUT2D eigenvalue weighted by Gasteiger charge is -2.11. The summed E-state index contributed by atoms with van der Waals surface area (Å²) in [4.78, 5) is 0. The minimum atomic E-state index is -4.28. The molecule has 0 spiro atoms. The van der Waals surface area contributed by atoms with Gasteiger partial charge in [-0.2, -0.15) is 13.2 Å². The zero-order valence-corrected chi connectivity index (χ0v) is 6.91. The van der Waals surface area contributed by atoms with Crippen LogP contribution >= 0.6 is 11.6 Å². The Morgan fingerprint density at radius 2 is 2.08 bits per heavy atom. The predicted octanol–water partition coefficient (Wildman–Crippen LogP) is 3.60. The molecule has 0 unspecified atom stereocenters. The van der Waals surface area contributed by atoms with E-state index in [0.717, 1.165) is 13.2 Å². The van der Waals surface area contributed by atoms with Crippen LogP contribution in [0, 0.1) is 0 Å². The SMILES string of the molecule is C[C@@H](c1cc(Cl)co1)C(F)(F)F. The second-order valence-corrected chi connectivity index (χ2v) is 2.87. The summed E-state index contributed by atoms with van der Waals surface area (Å²) in [6.07, 6.45) is -3.19. The third-order valence-electron chi connectivity index (χ3n) is 1.51. The van der Waals surface area contributed by atoms with Gasteiger partial charge in [0.1, 0.15) is 17.9 Å². The van der Waals surface area contributed by atoms with Crippen LogP contribution in [0.5, 0.6) is 0 Å². The highest BCUT2D eigenvalue weighted by Crippen LogP contribution is 2.35. The number of rotatable bonds is 1. The summed E-state index contributed by atoms with van der Waals surface area (Å²) >= 11 is 5.39. The van der Waals surface area contributed by atoms with Crippen molar-refractivity contribution in [3.8, 4) is 0 Å². The summed E-state index contributed by atoms with van der Waals surface area (Å²) in [7, 11) is 0. The van der Waals surface area contributed by atoms with E-state index >= 15 is 0 Å². The molecule has 1 rings (SSSR count). The first-order valence-corrected chi connectivity index (χ1v) is 3.59. The minimum Gasteiger partial charge on any atom is -0.467 e. The van der Waals surface area contributed by atoms with E-state index in [1.807, 2.05) is 0 Å². The van der Waals surface area contributed by atoms with E-state index < -0.39 is 12.1 Å². The lowest BCUT2D eigenvalue weighted by atomic mass is 10.1. The van der Waals surface area contributed by atoms with E-state index in [0.29, 0.717) is 0 Å². The Balaban J connectivity index is 2.85. The molecule has 1 aromatic rings. The molecule has 0 aromatic carbocycles. The molecule has 0 aliphatic carbocycles. The average Bonchev–Trinajstić information content (AvgIpc) is 2.32. The van der Waals surface area contributed by atoms with E-state index in [9.17, 15) is 13.2 Å². The van der Waals surface area contributed by atoms with Gasteiger partial charge in [-0.15, -0.1) is 0 Å². The molecule has 0 saturated carbocycles. The van der Waals surface area contributed by atoms with E-state index in [1.54, 1.807) is 0 Å². The standard InChI is InChI=1S/C7H6ClF3O/c1-4(7(9,10)11)6-2-5(8)3-12-6/h2-4H,1H3/t4-/m0/s1. The van der Waals surface area contributed by atoms with Crippen LogP contribution in [0.1, 0.15) is 18.6 Å². The summed E-state index contributed by atoms with van der Waals surface area (Å²) in [6.45, 7) is 1.02. The van der Waals surface area contributed by atoms with Crippen molar-refractivity contribution in [3.63, 3.8) is 0 Å². The number of alkyl halides is 3. The van der Waals surface area contributed by atoms with Gasteiger partial charge in [0.25, 0.3) is 0 Å². The van der Waals surface area contributed by atoms with Crippen molar-refractivity contribution in [3.05, 3.63) is 23.1 Å². The van der Waals surface area contributed by atoms with Gasteiger partial charge >= 0.3 is 6.18 Å². The van der Waals surface area contributed by atoms with Crippen molar-refractivity contribution in [1.82, 2.24) is 0 Å². The summed E-state index contributed by atoms with van der Waals surface area (Å²) in [5, 5.41) is 0.182. The molecule has 0 radical (unpaired) electrons. The van der Waals surface area contributed by atoms with Crippen LogP contribution in [0.15, 0.2) is 16.7 Å². The molecule has 1 atom stereocenters. The van der Waals surface area contributed by atoms with E-state index in [-0.39, 0.29) is 10.8 Å². The molecule has 12 heavy (non-hydrogen) atoms. The van der Waals surface area contributed by atoms with Crippen molar-refractivity contribution < 1.29 is 17.6 Å². The summed E-state index contributed by atoms with van der Waals surface area (Å²) < 4.78 is 40.7. The zero-order valence-electron chi connectivity index (χ0n) is 6.15. The van der Waals surface area contributed by atoms with Crippen LogP contribution in [0.2, 0.25) is 5.02 Å². The average molecular weight is 199 g/mol. The summed E-state index contributed by atoms with van der Waals surface area (Å²) in [5.74, 6) is -1.77. The van der Waals surface area contributed by atoms with Crippen LogP contribution in [-0.4, -0.2) is 6.18 Å². The summed E-state index contributed by atoms with van der Waals surface area (Å²) in [6, 6.07) is 1.17. The van der Waals surface area contributed by atoms with E-state index in [4.69, 9.17) is 11.6 Å². The van der Waals surface area contributed by atoms with Crippen molar-refractivity contribution >= 4 is 11.6 Å². The number of halogens is 4. The Kier molecular flexibility index (Phi) is 2.37. The Morgan fingerprint density at radius 1 is 1.50 bits per heavy atom. The Labute approximate surface area is 72.1 Å². The normalized spacial score (nSPS) is 14.8. The largest absolute Gasteiger partial charge is 0.467 e. The van der Waals surface area contributed by atoms with Crippen molar-refractivity contribution in [1.29, 1.82) is 0 Å². The van der Waals surface area contributed by atoms with Gasteiger partial charge in [-0.05, 0) is 13.0 Å². The van der Waals surface area contributed by atoms with Gasteiger partial charge < -0.3 is 4.42 Å². The van der Waals surface area contributed by atoms with Gasteiger partial charge in [-0.3, -0.25) is 0 Å².